The van der Waals surface area contributed by atoms with E-state index in [0.717, 1.165) is 16.8 Å². The van der Waals surface area contributed by atoms with Crippen LogP contribution in [0.3, 0.4) is 0 Å². The molecule has 1 amide bonds. The molecule has 98 valence electrons. The second kappa shape index (κ2) is 5.27. The molecule has 0 bridgehead atoms. The lowest BCUT2D eigenvalue weighted by atomic mass is 9.99. The van der Waals surface area contributed by atoms with Gasteiger partial charge in [0.2, 0.25) is 5.91 Å². The maximum atomic E-state index is 11.6. The van der Waals surface area contributed by atoms with E-state index in [1.807, 2.05) is 25.2 Å². The highest BCUT2D eigenvalue weighted by Gasteiger charge is 2.11. The number of para-hydroxylation sites is 1. The first-order valence-electron chi connectivity index (χ1n) is 6.41. The number of amides is 1. The van der Waals surface area contributed by atoms with Crippen LogP contribution < -0.4 is 4.90 Å². The van der Waals surface area contributed by atoms with Crippen molar-refractivity contribution in [3.8, 4) is 11.1 Å². The van der Waals surface area contributed by atoms with Gasteiger partial charge in [-0.2, -0.15) is 0 Å². The van der Waals surface area contributed by atoms with Crippen molar-refractivity contribution in [1.29, 1.82) is 0 Å². The number of hydrogen-bond donors (Lipinski definition) is 0. The van der Waals surface area contributed by atoms with Crippen molar-refractivity contribution in [3.63, 3.8) is 0 Å². The number of carbonyl (C=O) groups is 1. The summed E-state index contributed by atoms with van der Waals surface area (Å²) in [7, 11) is 1.81. The topological polar surface area (TPSA) is 20.3 Å². The number of hydrogen-bond acceptors (Lipinski definition) is 1. The Morgan fingerprint density at radius 1 is 1.00 bits per heavy atom. The molecule has 19 heavy (non-hydrogen) atoms. The van der Waals surface area contributed by atoms with Crippen molar-refractivity contribution < 1.29 is 4.79 Å². The van der Waals surface area contributed by atoms with Crippen molar-refractivity contribution in [1.82, 2.24) is 0 Å². The predicted molar refractivity (Wildman–Crippen MR) is 80.4 cm³/mol. The van der Waals surface area contributed by atoms with Crippen LogP contribution in [0.4, 0.5) is 5.69 Å². The van der Waals surface area contributed by atoms with Crippen molar-refractivity contribution >= 4 is 11.6 Å². The van der Waals surface area contributed by atoms with Crippen LogP contribution in [0.25, 0.3) is 11.1 Å². The van der Waals surface area contributed by atoms with Gasteiger partial charge in [-0.1, -0.05) is 36.4 Å². The van der Waals surface area contributed by atoms with Crippen LogP contribution >= 0.6 is 0 Å². The molecular weight excluding hydrogens is 234 g/mol. The van der Waals surface area contributed by atoms with E-state index in [0.29, 0.717) is 0 Å². The van der Waals surface area contributed by atoms with Gasteiger partial charge in [-0.25, -0.2) is 0 Å². The quantitative estimate of drug-likeness (QED) is 0.793. The highest BCUT2D eigenvalue weighted by atomic mass is 16.2. The molecule has 0 spiro atoms. The Morgan fingerprint density at radius 2 is 1.68 bits per heavy atom. The van der Waals surface area contributed by atoms with Crippen LogP contribution in [-0.2, 0) is 4.79 Å². The van der Waals surface area contributed by atoms with Crippen LogP contribution in [0.1, 0.15) is 18.1 Å². The highest BCUT2D eigenvalue weighted by Crippen LogP contribution is 2.31. The Kier molecular flexibility index (Phi) is 3.70. The molecule has 0 heterocycles. The second-order valence-corrected chi connectivity index (χ2v) is 4.89. The van der Waals surface area contributed by atoms with E-state index in [1.165, 1.54) is 11.1 Å². The van der Waals surface area contributed by atoms with Gasteiger partial charge >= 0.3 is 0 Å². The first-order valence-corrected chi connectivity index (χ1v) is 6.41. The molecule has 0 unspecified atom stereocenters. The first kappa shape index (κ1) is 13.3. The zero-order valence-corrected chi connectivity index (χ0v) is 11.9. The average Bonchev–Trinajstić information content (AvgIpc) is 2.41. The van der Waals surface area contributed by atoms with Crippen LogP contribution in [0.2, 0.25) is 0 Å². The molecule has 2 heteroatoms. The van der Waals surface area contributed by atoms with E-state index in [2.05, 4.69) is 38.1 Å². The number of nitrogens with zero attached hydrogens (tertiary/aromatic N) is 1. The third-order valence-electron chi connectivity index (χ3n) is 3.56. The molecule has 0 aliphatic rings. The van der Waals surface area contributed by atoms with E-state index in [9.17, 15) is 4.79 Å². The van der Waals surface area contributed by atoms with Gasteiger partial charge in [-0.05, 0) is 36.6 Å². The van der Waals surface area contributed by atoms with E-state index in [1.54, 1.807) is 11.8 Å². The Morgan fingerprint density at radius 3 is 2.32 bits per heavy atom. The standard InChI is InChI=1S/C17H19NO/c1-12-9-10-15(11-13(12)2)16-7-5-6-8-17(16)18(4)14(3)19/h5-11H,1-4H3. The summed E-state index contributed by atoms with van der Waals surface area (Å²) >= 11 is 0. The number of benzene rings is 2. The second-order valence-electron chi connectivity index (χ2n) is 4.89. The van der Waals surface area contributed by atoms with Gasteiger partial charge in [0.15, 0.2) is 0 Å². The zero-order valence-electron chi connectivity index (χ0n) is 11.9. The molecule has 0 radical (unpaired) electrons. The first-order chi connectivity index (χ1) is 9.00. The van der Waals surface area contributed by atoms with Crippen molar-refractivity contribution in [2.24, 2.45) is 0 Å². The minimum Gasteiger partial charge on any atom is -0.315 e. The molecule has 0 saturated carbocycles. The highest BCUT2D eigenvalue weighted by molar-refractivity contribution is 5.95. The summed E-state index contributed by atoms with van der Waals surface area (Å²) in [6.07, 6.45) is 0. The minimum absolute atomic E-state index is 0.0382. The van der Waals surface area contributed by atoms with Crippen LogP contribution in [0.5, 0.6) is 0 Å². The van der Waals surface area contributed by atoms with Crippen LogP contribution in [0.15, 0.2) is 42.5 Å². The van der Waals surface area contributed by atoms with Gasteiger partial charge in [0.25, 0.3) is 0 Å². The molecule has 0 fully saturated rings. The van der Waals surface area contributed by atoms with Crippen molar-refractivity contribution in [3.05, 3.63) is 53.6 Å². The smallest absolute Gasteiger partial charge is 0.223 e. The van der Waals surface area contributed by atoms with Gasteiger partial charge in [-0.15, -0.1) is 0 Å². The Hall–Kier alpha value is -2.09. The van der Waals surface area contributed by atoms with Gasteiger partial charge in [0.1, 0.15) is 0 Å². The molecule has 2 aromatic rings. The van der Waals surface area contributed by atoms with Crippen LogP contribution in [0, 0.1) is 13.8 Å². The van der Waals surface area contributed by atoms with E-state index in [4.69, 9.17) is 0 Å². The Labute approximate surface area is 114 Å². The summed E-state index contributed by atoms with van der Waals surface area (Å²) in [5.41, 5.74) is 5.72. The predicted octanol–water partition coefficient (Wildman–Crippen LogP) is 3.95. The van der Waals surface area contributed by atoms with Gasteiger partial charge < -0.3 is 4.90 Å². The fourth-order valence-electron chi connectivity index (χ4n) is 2.09. The van der Waals surface area contributed by atoms with Crippen molar-refractivity contribution in [2.75, 3.05) is 11.9 Å². The number of rotatable bonds is 2. The lowest BCUT2D eigenvalue weighted by Gasteiger charge is -2.19. The summed E-state index contributed by atoms with van der Waals surface area (Å²) in [4.78, 5) is 13.3. The summed E-state index contributed by atoms with van der Waals surface area (Å²) in [6, 6.07) is 14.4. The Balaban J connectivity index is 2.56. The molecule has 2 rings (SSSR count). The lowest BCUT2D eigenvalue weighted by Crippen LogP contribution is -2.23. The molecule has 0 saturated heterocycles. The van der Waals surface area contributed by atoms with Gasteiger partial charge in [-0.3, -0.25) is 4.79 Å². The third kappa shape index (κ3) is 2.68. The van der Waals surface area contributed by atoms with Crippen LogP contribution in [-0.4, -0.2) is 13.0 Å². The van der Waals surface area contributed by atoms with E-state index < -0.39 is 0 Å². The van der Waals surface area contributed by atoms with E-state index in [-0.39, 0.29) is 5.91 Å². The maximum absolute atomic E-state index is 11.6. The van der Waals surface area contributed by atoms with Gasteiger partial charge in [0, 0.05) is 19.5 Å². The summed E-state index contributed by atoms with van der Waals surface area (Å²) in [5, 5.41) is 0. The largest absolute Gasteiger partial charge is 0.315 e. The number of anilines is 1. The fraction of sp³-hybridized carbons (Fsp3) is 0.235. The summed E-state index contributed by atoms with van der Waals surface area (Å²) in [5.74, 6) is 0.0382. The normalized spacial score (nSPS) is 10.3. The zero-order chi connectivity index (χ0) is 14.0. The Bertz CT molecular complexity index is 616. The SMILES string of the molecule is CC(=O)N(C)c1ccccc1-c1ccc(C)c(C)c1. The summed E-state index contributed by atoms with van der Waals surface area (Å²) in [6.45, 7) is 5.79. The number of carbonyl (C=O) groups excluding carboxylic acids is 1. The molecule has 2 aromatic carbocycles. The molecular formula is C17H19NO. The molecule has 0 aromatic heterocycles. The number of aryl methyl sites for hydroxylation is 2. The average molecular weight is 253 g/mol. The minimum atomic E-state index is 0.0382. The molecule has 0 aliphatic heterocycles. The monoisotopic (exact) mass is 253 g/mol. The molecule has 0 N–H and O–H groups in total. The molecule has 0 aliphatic carbocycles. The fourth-order valence-corrected chi connectivity index (χ4v) is 2.09. The molecule has 2 nitrogen and oxygen atoms in total. The molecule has 0 atom stereocenters. The van der Waals surface area contributed by atoms with Crippen molar-refractivity contribution in [2.45, 2.75) is 20.8 Å². The summed E-state index contributed by atoms with van der Waals surface area (Å²) < 4.78 is 0. The third-order valence-corrected chi connectivity index (χ3v) is 3.56. The van der Waals surface area contributed by atoms with E-state index >= 15 is 0 Å². The lowest BCUT2D eigenvalue weighted by molar-refractivity contribution is -0.116. The maximum Gasteiger partial charge on any atom is 0.223 e. The van der Waals surface area contributed by atoms with Gasteiger partial charge in [0.05, 0.1) is 5.69 Å².